The van der Waals surface area contributed by atoms with Gasteiger partial charge in [-0.1, -0.05) is 42.5 Å². The first-order valence-corrected chi connectivity index (χ1v) is 9.15. The monoisotopic (exact) mass is 368 g/mol. The predicted molar refractivity (Wildman–Crippen MR) is 109 cm³/mol. The van der Waals surface area contributed by atoms with Gasteiger partial charge in [-0.3, -0.25) is 9.79 Å². The number of carbonyl (C=O) groups excluding carboxylic acids is 1. The summed E-state index contributed by atoms with van der Waals surface area (Å²) in [5, 5.41) is 18.9. The molecule has 0 saturated heterocycles. The van der Waals surface area contributed by atoms with E-state index >= 15 is 0 Å². The van der Waals surface area contributed by atoms with Crippen molar-refractivity contribution in [3.8, 4) is 0 Å². The average molecular weight is 368 g/mol. The SMILES string of the molecule is CCNC(=O)c1cccc(CNC(=NC)NCC(CO)c2ccccc2)c1. The lowest BCUT2D eigenvalue weighted by molar-refractivity contribution is 0.0955. The summed E-state index contributed by atoms with van der Waals surface area (Å²) in [7, 11) is 1.71. The minimum atomic E-state index is -0.0736. The number of benzene rings is 2. The van der Waals surface area contributed by atoms with Gasteiger partial charge in [-0.05, 0) is 30.2 Å². The molecule has 4 N–H and O–H groups in total. The molecule has 1 atom stereocenters. The highest BCUT2D eigenvalue weighted by molar-refractivity contribution is 5.94. The van der Waals surface area contributed by atoms with E-state index < -0.39 is 0 Å². The smallest absolute Gasteiger partial charge is 0.251 e. The molecular weight excluding hydrogens is 340 g/mol. The minimum absolute atomic E-state index is 0.00850. The fraction of sp³-hybridized carbons (Fsp3) is 0.333. The van der Waals surface area contributed by atoms with Crippen molar-refractivity contribution in [3.63, 3.8) is 0 Å². The van der Waals surface area contributed by atoms with Crippen molar-refractivity contribution in [3.05, 3.63) is 71.3 Å². The van der Waals surface area contributed by atoms with E-state index in [1.807, 2.05) is 55.5 Å². The lowest BCUT2D eigenvalue weighted by Crippen LogP contribution is -2.39. The summed E-state index contributed by atoms with van der Waals surface area (Å²) in [6.07, 6.45) is 0. The second-order valence-electron chi connectivity index (χ2n) is 6.16. The molecule has 0 heterocycles. The number of aliphatic hydroxyl groups is 1. The second-order valence-corrected chi connectivity index (χ2v) is 6.16. The normalized spacial score (nSPS) is 12.3. The Labute approximate surface area is 160 Å². The maximum atomic E-state index is 11.9. The summed E-state index contributed by atoms with van der Waals surface area (Å²) in [6.45, 7) is 3.67. The van der Waals surface area contributed by atoms with Crippen LogP contribution in [0.1, 0.15) is 34.3 Å². The van der Waals surface area contributed by atoms with Gasteiger partial charge in [-0.15, -0.1) is 0 Å². The second kappa shape index (κ2) is 11.0. The van der Waals surface area contributed by atoms with E-state index in [1.165, 1.54) is 0 Å². The molecule has 0 saturated carbocycles. The Morgan fingerprint density at radius 3 is 2.52 bits per heavy atom. The number of carbonyl (C=O) groups is 1. The number of nitrogens with zero attached hydrogens (tertiary/aromatic N) is 1. The van der Waals surface area contributed by atoms with Crippen LogP contribution in [-0.4, -0.2) is 43.7 Å². The fourth-order valence-electron chi connectivity index (χ4n) is 2.72. The Morgan fingerprint density at radius 1 is 1.07 bits per heavy atom. The molecule has 0 aliphatic rings. The Morgan fingerprint density at radius 2 is 1.85 bits per heavy atom. The molecule has 27 heavy (non-hydrogen) atoms. The fourth-order valence-corrected chi connectivity index (χ4v) is 2.72. The molecule has 6 heteroatoms. The number of guanidine groups is 1. The Balaban J connectivity index is 1.90. The number of rotatable bonds is 8. The van der Waals surface area contributed by atoms with Crippen LogP contribution in [0.5, 0.6) is 0 Å². The number of amides is 1. The van der Waals surface area contributed by atoms with E-state index in [2.05, 4.69) is 20.9 Å². The highest BCUT2D eigenvalue weighted by Crippen LogP contribution is 2.13. The van der Waals surface area contributed by atoms with Gasteiger partial charge in [-0.25, -0.2) is 0 Å². The van der Waals surface area contributed by atoms with Crippen molar-refractivity contribution in [2.75, 3.05) is 26.7 Å². The molecule has 1 unspecified atom stereocenters. The number of hydrogen-bond acceptors (Lipinski definition) is 3. The van der Waals surface area contributed by atoms with E-state index in [4.69, 9.17) is 0 Å². The molecule has 0 radical (unpaired) electrons. The molecule has 0 fully saturated rings. The summed E-state index contributed by atoms with van der Waals surface area (Å²) < 4.78 is 0. The van der Waals surface area contributed by atoms with E-state index in [1.54, 1.807) is 13.1 Å². The van der Waals surface area contributed by atoms with Crippen LogP contribution < -0.4 is 16.0 Å². The van der Waals surface area contributed by atoms with Crippen LogP contribution in [0.15, 0.2) is 59.6 Å². The van der Waals surface area contributed by atoms with Gasteiger partial charge in [-0.2, -0.15) is 0 Å². The van der Waals surface area contributed by atoms with Crippen molar-refractivity contribution in [1.29, 1.82) is 0 Å². The van der Waals surface area contributed by atoms with E-state index in [-0.39, 0.29) is 18.4 Å². The van der Waals surface area contributed by atoms with Gasteiger partial charge in [0.2, 0.25) is 0 Å². The average Bonchev–Trinajstić information content (AvgIpc) is 2.72. The van der Waals surface area contributed by atoms with Gasteiger partial charge in [0.15, 0.2) is 5.96 Å². The summed E-state index contributed by atoms with van der Waals surface area (Å²) in [5.41, 5.74) is 2.71. The zero-order valence-corrected chi connectivity index (χ0v) is 15.9. The van der Waals surface area contributed by atoms with Crippen molar-refractivity contribution >= 4 is 11.9 Å². The molecular formula is C21H28N4O2. The van der Waals surface area contributed by atoms with Crippen LogP contribution >= 0.6 is 0 Å². The summed E-state index contributed by atoms with van der Waals surface area (Å²) in [5.74, 6) is 0.564. The van der Waals surface area contributed by atoms with Gasteiger partial charge in [0.05, 0.1) is 6.61 Å². The molecule has 2 rings (SSSR count). The maximum absolute atomic E-state index is 11.9. The van der Waals surface area contributed by atoms with E-state index in [0.29, 0.717) is 31.2 Å². The maximum Gasteiger partial charge on any atom is 0.251 e. The van der Waals surface area contributed by atoms with Crippen LogP contribution in [0.4, 0.5) is 0 Å². The Bertz CT molecular complexity index is 747. The number of hydrogen-bond donors (Lipinski definition) is 4. The number of nitrogens with one attached hydrogen (secondary N) is 3. The zero-order chi connectivity index (χ0) is 19.5. The first-order valence-electron chi connectivity index (χ1n) is 9.15. The van der Waals surface area contributed by atoms with Gasteiger partial charge in [0, 0.05) is 38.2 Å². The standard InChI is InChI=1S/C21H28N4O2/c1-3-23-20(27)18-11-7-8-16(12-18)13-24-21(22-2)25-14-19(15-26)17-9-5-4-6-10-17/h4-12,19,26H,3,13-15H2,1-2H3,(H,23,27)(H2,22,24,25). The molecule has 0 aliphatic heterocycles. The molecule has 0 aliphatic carbocycles. The highest BCUT2D eigenvalue weighted by atomic mass is 16.3. The van der Waals surface area contributed by atoms with Crippen LogP contribution in [0, 0.1) is 0 Å². The molecule has 144 valence electrons. The summed E-state index contributed by atoms with van der Waals surface area (Å²) in [4.78, 5) is 16.2. The lowest BCUT2D eigenvalue weighted by Gasteiger charge is -2.18. The van der Waals surface area contributed by atoms with Gasteiger partial charge in [0.25, 0.3) is 5.91 Å². The van der Waals surface area contributed by atoms with Gasteiger partial charge >= 0.3 is 0 Å². The first-order chi connectivity index (χ1) is 13.2. The first kappa shape index (κ1) is 20.5. The minimum Gasteiger partial charge on any atom is -0.396 e. The quantitative estimate of drug-likeness (QED) is 0.423. The van der Waals surface area contributed by atoms with Gasteiger partial charge in [0.1, 0.15) is 0 Å². The molecule has 2 aromatic rings. The van der Waals surface area contributed by atoms with Crippen LogP contribution in [0.2, 0.25) is 0 Å². The highest BCUT2D eigenvalue weighted by Gasteiger charge is 2.11. The molecule has 0 aromatic heterocycles. The van der Waals surface area contributed by atoms with Crippen molar-refractivity contribution in [2.45, 2.75) is 19.4 Å². The summed E-state index contributed by atoms with van der Waals surface area (Å²) in [6, 6.07) is 17.4. The van der Waals surface area contributed by atoms with Crippen LogP contribution in [0.25, 0.3) is 0 Å². The molecule has 6 nitrogen and oxygen atoms in total. The van der Waals surface area contributed by atoms with Crippen molar-refractivity contribution in [1.82, 2.24) is 16.0 Å². The number of aliphatic imine (C=N–C) groups is 1. The van der Waals surface area contributed by atoms with Crippen molar-refractivity contribution in [2.24, 2.45) is 4.99 Å². The molecule has 1 amide bonds. The largest absolute Gasteiger partial charge is 0.396 e. The van der Waals surface area contributed by atoms with E-state index in [9.17, 15) is 9.90 Å². The molecule has 0 bridgehead atoms. The topological polar surface area (TPSA) is 85.8 Å². The zero-order valence-electron chi connectivity index (χ0n) is 15.9. The predicted octanol–water partition coefficient (Wildman–Crippen LogP) is 1.88. The number of aliphatic hydroxyl groups excluding tert-OH is 1. The van der Waals surface area contributed by atoms with E-state index in [0.717, 1.165) is 11.1 Å². The Hall–Kier alpha value is -2.86. The Kier molecular flexibility index (Phi) is 8.32. The van der Waals surface area contributed by atoms with Gasteiger partial charge < -0.3 is 21.1 Å². The van der Waals surface area contributed by atoms with Crippen LogP contribution in [-0.2, 0) is 6.54 Å². The van der Waals surface area contributed by atoms with Crippen molar-refractivity contribution < 1.29 is 9.90 Å². The summed E-state index contributed by atoms with van der Waals surface area (Å²) >= 11 is 0. The lowest BCUT2D eigenvalue weighted by atomic mass is 10.0. The third kappa shape index (κ3) is 6.42. The molecule has 0 spiro atoms. The third-order valence-corrected chi connectivity index (χ3v) is 4.22. The molecule has 2 aromatic carbocycles. The third-order valence-electron chi connectivity index (χ3n) is 4.22. The van der Waals surface area contributed by atoms with Crippen LogP contribution in [0.3, 0.4) is 0 Å².